The van der Waals surface area contributed by atoms with Crippen LogP contribution in [-0.2, 0) is 10.5 Å². The highest BCUT2D eigenvalue weighted by atomic mass is 16.3. The molecule has 0 aliphatic carbocycles. The molecular formula is C19H23N3O2. The predicted octanol–water partition coefficient (Wildman–Crippen LogP) is 2.17. The number of aryl methyl sites for hydroxylation is 1. The van der Waals surface area contributed by atoms with Gasteiger partial charge < -0.3 is 14.9 Å². The molecule has 2 aliphatic rings. The molecule has 2 aliphatic heterocycles. The molecule has 0 bridgehead atoms. The van der Waals surface area contributed by atoms with Crippen molar-refractivity contribution in [2.24, 2.45) is 4.99 Å². The summed E-state index contributed by atoms with van der Waals surface area (Å²) >= 11 is 0. The number of fused-ring (bicyclic) bond motifs is 1. The third-order valence-corrected chi connectivity index (χ3v) is 4.53. The molecule has 0 radical (unpaired) electrons. The zero-order valence-corrected chi connectivity index (χ0v) is 14.5. The number of aliphatic imine (C=N–C) groups is 1. The molecule has 2 atom stereocenters. The second-order valence-electron chi connectivity index (χ2n) is 6.68. The van der Waals surface area contributed by atoms with E-state index in [9.17, 15) is 9.90 Å². The van der Waals surface area contributed by atoms with Crippen molar-refractivity contribution in [1.82, 2.24) is 9.80 Å². The molecule has 3 rings (SSSR count). The molecule has 126 valence electrons. The lowest BCUT2D eigenvalue weighted by molar-refractivity contribution is -0.131. The molecule has 2 heterocycles. The summed E-state index contributed by atoms with van der Waals surface area (Å²) in [6, 6.07) is 7.19. The first-order valence-electron chi connectivity index (χ1n) is 8.05. The SMILES string of the molecule is CC1=CN2C(=NC(O)(c3ccc(C)cc3)C2CC(=O)N(C)C)C=C1. The number of benzene rings is 1. The molecule has 5 heteroatoms. The number of hydrogen-bond acceptors (Lipinski definition) is 4. The molecule has 0 aromatic heterocycles. The highest BCUT2D eigenvalue weighted by molar-refractivity contribution is 5.98. The number of amides is 1. The monoisotopic (exact) mass is 325 g/mol. The Balaban J connectivity index is 2.04. The van der Waals surface area contributed by atoms with E-state index in [1.54, 1.807) is 19.0 Å². The molecule has 1 aromatic carbocycles. The van der Waals surface area contributed by atoms with Crippen LogP contribution in [0.25, 0.3) is 0 Å². The van der Waals surface area contributed by atoms with Gasteiger partial charge in [-0.2, -0.15) is 0 Å². The van der Waals surface area contributed by atoms with Crippen LogP contribution in [0.15, 0.2) is 53.2 Å². The first-order valence-corrected chi connectivity index (χ1v) is 8.05. The summed E-state index contributed by atoms with van der Waals surface area (Å²) in [5, 5.41) is 11.4. The van der Waals surface area contributed by atoms with E-state index in [1.807, 2.05) is 61.4 Å². The Morgan fingerprint density at radius 1 is 1.25 bits per heavy atom. The van der Waals surface area contributed by atoms with Gasteiger partial charge in [-0.1, -0.05) is 35.9 Å². The van der Waals surface area contributed by atoms with Crippen molar-refractivity contribution in [2.75, 3.05) is 14.1 Å². The molecule has 2 unspecified atom stereocenters. The minimum Gasteiger partial charge on any atom is -0.364 e. The van der Waals surface area contributed by atoms with Gasteiger partial charge in [0.1, 0.15) is 5.84 Å². The fraction of sp³-hybridized carbons (Fsp3) is 0.368. The Morgan fingerprint density at radius 3 is 2.54 bits per heavy atom. The largest absolute Gasteiger partial charge is 0.364 e. The van der Waals surface area contributed by atoms with Gasteiger partial charge in [-0.05, 0) is 25.5 Å². The minimum absolute atomic E-state index is 0.0393. The summed E-state index contributed by atoms with van der Waals surface area (Å²) in [6.07, 6.45) is 5.97. The zero-order valence-electron chi connectivity index (χ0n) is 14.5. The van der Waals surface area contributed by atoms with Crippen LogP contribution in [0.2, 0.25) is 0 Å². The lowest BCUT2D eigenvalue weighted by atomic mass is 9.92. The quantitative estimate of drug-likeness (QED) is 0.927. The maximum Gasteiger partial charge on any atom is 0.224 e. The number of nitrogens with zero attached hydrogens (tertiary/aromatic N) is 3. The standard InChI is InChI=1S/C19H23N3O2/c1-13-5-8-15(9-6-13)19(24)16(11-18(23)21(3)4)22-12-14(2)7-10-17(22)20-19/h5-10,12,16,24H,11H2,1-4H3. The van der Waals surface area contributed by atoms with Gasteiger partial charge in [-0.15, -0.1) is 0 Å². The van der Waals surface area contributed by atoms with Gasteiger partial charge in [0.05, 0.1) is 12.5 Å². The predicted molar refractivity (Wildman–Crippen MR) is 94.3 cm³/mol. The molecule has 0 fully saturated rings. The summed E-state index contributed by atoms with van der Waals surface area (Å²) in [6.45, 7) is 3.99. The Hall–Kier alpha value is -2.40. The topological polar surface area (TPSA) is 56.1 Å². The maximum absolute atomic E-state index is 12.3. The lowest BCUT2D eigenvalue weighted by Crippen LogP contribution is -2.46. The second-order valence-corrected chi connectivity index (χ2v) is 6.68. The fourth-order valence-corrected chi connectivity index (χ4v) is 3.05. The van der Waals surface area contributed by atoms with E-state index in [4.69, 9.17) is 0 Å². The Kier molecular flexibility index (Phi) is 4.05. The normalized spacial score (nSPS) is 25.2. The van der Waals surface area contributed by atoms with E-state index in [0.717, 1.165) is 11.1 Å². The average Bonchev–Trinajstić information content (AvgIpc) is 2.81. The Labute approximate surface area is 142 Å². The highest BCUT2D eigenvalue weighted by Crippen LogP contribution is 2.39. The summed E-state index contributed by atoms with van der Waals surface area (Å²) in [7, 11) is 3.45. The highest BCUT2D eigenvalue weighted by Gasteiger charge is 2.49. The molecule has 24 heavy (non-hydrogen) atoms. The molecule has 1 amide bonds. The summed E-state index contributed by atoms with van der Waals surface area (Å²) < 4.78 is 0. The van der Waals surface area contributed by atoms with Crippen molar-refractivity contribution in [2.45, 2.75) is 32.0 Å². The number of aliphatic hydroxyl groups is 1. The van der Waals surface area contributed by atoms with E-state index in [2.05, 4.69) is 4.99 Å². The summed E-state index contributed by atoms with van der Waals surface area (Å²) in [5.41, 5.74) is 1.43. The number of hydrogen-bond donors (Lipinski definition) is 1. The van der Waals surface area contributed by atoms with Crippen molar-refractivity contribution in [3.63, 3.8) is 0 Å². The first-order chi connectivity index (χ1) is 11.3. The molecule has 5 nitrogen and oxygen atoms in total. The van der Waals surface area contributed by atoms with Gasteiger partial charge in [-0.3, -0.25) is 4.79 Å². The summed E-state index contributed by atoms with van der Waals surface area (Å²) in [5.74, 6) is 0.642. The van der Waals surface area contributed by atoms with Gasteiger partial charge >= 0.3 is 0 Å². The van der Waals surface area contributed by atoms with Gasteiger partial charge in [0.2, 0.25) is 11.6 Å². The van der Waals surface area contributed by atoms with Crippen LogP contribution in [0, 0.1) is 6.92 Å². The lowest BCUT2D eigenvalue weighted by Gasteiger charge is -2.34. The first kappa shape index (κ1) is 16.5. The van der Waals surface area contributed by atoms with Gasteiger partial charge in [0, 0.05) is 25.9 Å². The average molecular weight is 325 g/mol. The smallest absolute Gasteiger partial charge is 0.224 e. The number of rotatable bonds is 3. The fourth-order valence-electron chi connectivity index (χ4n) is 3.05. The van der Waals surface area contributed by atoms with E-state index >= 15 is 0 Å². The molecule has 1 aromatic rings. The number of carbonyl (C=O) groups excluding carboxylic acids is 1. The van der Waals surface area contributed by atoms with Crippen LogP contribution < -0.4 is 0 Å². The van der Waals surface area contributed by atoms with Crippen molar-refractivity contribution in [3.8, 4) is 0 Å². The molecule has 0 saturated heterocycles. The van der Waals surface area contributed by atoms with Crippen LogP contribution in [-0.4, -0.2) is 46.8 Å². The van der Waals surface area contributed by atoms with Crippen LogP contribution in [0.3, 0.4) is 0 Å². The van der Waals surface area contributed by atoms with Gasteiger partial charge in [-0.25, -0.2) is 4.99 Å². The molecule has 0 saturated carbocycles. The number of carbonyl (C=O) groups is 1. The number of allylic oxidation sites excluding steroid dienone is 2. The molecule has 0 spiro atoms. The molecule has 1 N–H and O–H groups in total. The summed E-state index contributed by atoms with van der Waals surface area (Å²) in [4.78, 5) is 20.4. The van der Waals surface area contributed by atoms with E-state index in [-0.39, 0.29) is 12.3 Å². The van der Waals surface area contributed by atoms with Crippen LogP contribution >= 0.6 is 0 Å². The van der Waals surface area contributed by atoms with E-state index in [1.165, 1.54) is 0 Å². The third kappa shape index (κ3) is 2.76. The van der Waals surface area contributed by atoms with Gasteiger partial charge in [0.25, 0.3) is 0 Å². The van der Waals surface area contributed by atoms with Gasteiger partial charge in [0.15, 0.2) is 0 Å². The Morgan fingerprint density at radius 2 is 1.92 bits per heavy atom. The Bertz CT molecular complexity index is 746. The van der Waals surface area contributed by atoms with E-state index in [0.29, 0.717) is 11.4 Å². The van der Waals surface area contributed by atoms with Crippen LogP contribution in [0.4, 0.5) is 0 Å². The third-order valence-electron chi connectivity index (χ3n) is 4.53. The zero-order chi connectivity index (χ0) is 17.5. The second kappa shape index (κ2) is 5.91. The molecular weight excluding hydrogens is 302 g/mol. The van der Waals surface area contributed by atoms with Crippen LogP contribution in [0.5, 0.6) is 0 Å². The van der Waals surface area contributed by atoms with E-state index < -0.39 is 11.8 Å². The van der Waals surface area contributed by atoms with Crippen molar-refractivity contribution in [3.05, 3.63) is 59.3 Å². The maximum atomic E-state index is 12.3. The number of amidine groups is 1. The van der Waals surface area contributed by atoms with Crippen molar-refractivity contribution >= 4 is 11.7 Å². The van der Waals surface area contributed by atoms with Crippen molar-refractivity contribution < 1.29 is 9.90 Å². The minimum atomic E-state index is -1.44. The van der Waals surface area contributed by atoms with Crippen LogP contribution in [0.1, 0.15) is 24.5 Å². The van der Waals surface area contributed by atoms with Crippen molar-refractivity contribution in [1.29, 1.82) is 0 Å².